The first-order chi connectivity index (χ1) is 13.2. The summed E-state index contributed by atoms with van der Waals surface area (Å²) in [5.74, 6) is 1.23. The second kappa shape index (κ2) is 7.63. The molecule has 4 rings (SSSR count). The van der Waals surface area contributed by atoms with Crippen LogP contribution in [-0.4, -0.2) is 35.5 Å². The molecule has 0 unspecified atom stereocenters. The van der Waals surface area contributed by atoms with Crippen LogP contribution in [0.2, 0.25) is 0 Å². The third-order valence-electron chi connectivity index (χ3n) is 4.55. The normalized spacial score (nSPS) is 16.3. The van der Waals surface area contributed by atoms with Gasteiger partial charge >= 0.3 is 0 Å². The molecular formula is C21H21N3O3. The van der Waals surface area contributed by atoms with Gasteiger partial charge in [0, 0.05) is 18.2 Å². The molecule has 1 aliphatic rings. The van der Waals surface area contributed by atoms with E-state index in [4.69, 9.17) is 14.6 Å². The van der Waals surface area contributed by atoms with Crippen molar-refractivity contribution in [3.05, 3.63) is 60.7 Å². The van der Waals surface area contributed by atoms with Gasteiger partial charge in [0.15, 0.2) is 0 Å². The van der Waals surface area contributed by atoms with Gasteiger partial charge in [-0.1, -0.05) is 30.3 Å². The van der Waals surface area contributed by atoms with E-state index in [0.717, 1.165) is 35.5 Å². The molecular weight excluding hydrogens is 342 g/mol. The second-order valence-electron chi connectivity index (χ2n) is 6.39. The monoisotopic (exact) mass is 363 g/mol. The standard InChI is InChI=1S/C21H21N3O3/c1-26-17-10-5-7-15(13-17)18-14-20(22-21(25)19-11-6-12-27-19)24(23-18)16-8-3-2-4-9-16/h2-5,7-10,13-14,19H,6,11-12H2,1H3,(H,22,25)/t19-/m1/s1. The first kappa shape index (κ1) is 17.3. The maximum atomic E-state index is 12.5. The topological polar surface area (TPSA) is 65.4 Å². The number of amides is 1. The van der Waals surface area contributed by atoms with Gasteiger partial charge in [0.1, 0.15) is 17.7 Å². The highest BCUT2D eigenvalue weighted by Crippen LogP contribution is 2.28. The number of benzene rings is 2. The Balaban J connectivity index is 1.71. The Labute approximate surface area is 157 Å². The average Bonchev–Trinajstić information content (AvgIpc) is 3.39. The molecule has 0 aliphatic carbocycles. The first-order valence-corrected chi connectivity index (χ1v) is 8.97. The van der Waals surface area contributed by atoms with Gasteiger partial charge in [-0.2, -0.15) is 5.10 Å². The van der Waals surface area contributed by atoms with Gasteiger partial charge in [0.25, 0.3) is 5.91 Å². The molecule has 0 saturated carbocycles. The van der Waals surface area contributed by atoms with Gasteiger partial charge in [-0.3, -0.25) is 4.79 Å². The fraction of sp³-hybridized carbons (Fsp3) is 0.238. The molecule has 138 valence electrons. The number of rotatable bonds is 5. The molecule has 0 radical (unpaired) electrons. The fourth-order valence-corrected chi connectivity index (χ4v) is 3.15. The number of ether oxygens (including phenoxy) is 2. The van der Waals surface area contributed by atoms with E-state index >= 15 is 0 Å². The molecule has 3 aromatic rings. The van der Waals surface area contributed by atoms with Gasteiger partial charge in [-0.25, -0.2) is 4.68 Å². The summed E-state index contributed by atoms with van der Waals surface area (Å²) in [6.07, 6.45) is 1.25. The Kier molecular flexibility index (Phi) is 4.89. The van der Waals surface area contributed by atoms with Crippen LogP contribution in [0, 0.1) is 0 Å². The summed E-state index contributed by atoms with van der Waals surface area (Å²) in [6.45, 7) is 0.630. The zero-order chi connectivity index (χ0) is 18.6. The predicted molar refractivity (Wildman–Crippen MR) is 103 cm³/mol. The van der Waals surface area contributed by atoms with Crippen molar-refractivity contribution in [1.29, 1.82) is 0 Å². The molecule has 27 heavy (non-hydrogen) atoms. The number of nitrogens with one attached hydrogen (secondary N) is 1. The van der Waals surface area contributed by atoms with Crippen molar-refractivity contribution in [3.8, 4) is 22.7 Å². The smallest absolute Gasteiger partial charge is 0.254 e. The quantitative estimate of drug-likeness (QED) is 0.751. The minimum absolute atomic E-state index is 0.137. The highest BCUT2D eigenvalue weighted by atomic mass is 16.5. The predicted octanol–water partition coefficient (Wildman–Crippen LogP) is 3.67. The maximum Gasteiger partial charge on any atom is 0.254 e. The van der Waals surface area contributed by atoms with Crippen LogP contribution in [0.15, 0.2) is 60.7 Å². The summed E-state index contributed by atoms with van der Waals surface area (Å²) in [5, 5.41) is 7.69. The minimum Gasteiger partial charge on any atom is -0.497 e. The Hall–Kier alpha value is -3.12. The number of para-hydroxylation sites is 1. The summed E-state index contributed by atoms with van der Waals surface area (Å²) < 4.78 is 12.5. The van der Waals surface area contributed by atoms with Crippen LogP contribution in [0.25, 0.3) is 16.9 Å². The lowest BCUT2D eigenvalue weighted by Gasteiger charge is -2.12. The number of anilines is 1. The molecule has 2 aromatic carbocycles. The maximum absolute atomic E-state index is 12.5. The lowest BCUT2D eigenvalue weighted by atomic mass is 10.1. The molecule has 1 amide bonds. The van der Waals surface area contributed by atoms with E-state index in [1.807, 2.05) is 60.7 Å². The van der Waals surface area contributed by atoms with Crippen molar-refractivity contribution in [3.63, 3.8) is 0 Å². The van der Waals surface area contributed by atoms with Crippen LogP contribution in [0.1, 0.15) is 12.8 Å². The fourth-order valence-electron chi connectivity index (χ4n) is 3.15. The molecule has 6 nitrogen and oxygen atoms in total. The molecule has 1 fully saturated rings. The Morgan fingerprint density at radius 1 is 1.19 bits per heavy atom. The van der Waals surface area contributed by atoms with E-state index < -0.39 is 6.10 Å². The van der Waals surface area contributed by atoms with Crippen LogP contribution < -0.4 is 10.1 Å². The number of carbonyl (C=O) groups excluding carboxylic acids is 1. The summed E-state index contributed by atoms with van der Waals surface area (Å²) in [6, 6.07) is 19.3. The van der Waals surface area contributed by atoms with Crippen molar-refractivity contribution in [1.82, 2.24) is 9.78 Å². The van der Waals surface area contributed by atoms with Crippen LogP contribution in [0.5, 0.6) is 5.75 Å². The Bertz CT molecular complexity index is 931. The highest BCUT2D eigenvalue weighted by Gasteiger charge is 2.25. The van der Waals surface area contributed by atoms with Crippen LogP contribution in [0.3, 0.4) is 0 Å². The third kappa shape index (κ3) is 3.71. The third-order valence-corrected chi connectivity index (χ3v) is 4.55. The molecule has 1 aliphatic heterocycles. The number of nitrogens with zero attached hydrogens (tertiary/aromatic N) is 2. The van der Waals surface area contributed by atoms with E-state index in [0.29, 0.717) is 12.4 Å². The van der Waals surface area contributed by atoms with Crippen molar-refractivity contribution in [2.45, 2.75) is 18.9 Å². The number of methoxy groups -OCH3 is 1. The van der Waals surface area contributed by atoms with Crippen molar-refractivity contribution >= 4 is 11.7 Å². The van der Waals surface area contributed by atoms with E-state index in [1.165, 1.54) is 0 Å². The lowest BCUT2D eigenvalue weighted by molar-refractivity contribution is -0.124. The largest absolute Gasteiger partial charge is 0.497 e. The molecule has 1 aromatic heterocycles. The van der Waals surface area contributed by atoms with Crippen LogP contribution >= 0.6 is 0 Å². The molecule has 6 heteroatoms. The van der Waals surface area contributed by atoms with Gasteiger partial charge in [-0.05, 0) is 37.1 Å². The van der Waals surface area contributed by atoms with Crippen molar-refractivity contribution < 1.29 is 14.3 Å². The number of carbonyl (C=O) groups is 1. The number of hydrogen-bond acceptors (Lipinski definition) is 4. The molecule has 1 saturated heterocycles. The molecule has 0 spiro atoms. The highest BCUT2D eigenvalue weighted by molar-refractivity contribution is 5.94. The summed E-state index contributed by atoms with van der Waals surface area (Å²) >= 11 is 0. The average molecular weight is 363 g/mol. The van der Waals surface area contributed by atoms with Gasteiger partial charge in [-0.15, -0.1) is 0 Å². The Morgan fingerprint density at radius 2 is 2.04 bits per heavy atom. The minimum atomic E-state index is -0.399. The second-order valence-corrected chi connectivity index (χ2v) is 6.39. The van der Waals surface area contributed by atoms with E-state index in [2.05, 4.69) is 5.32 Å². The SMILES string of the molecule is COc1cccc(-c2cc(NC(=O)[C@H]3CCCO3)n(-c3ccccc3)n2)c1. The van der Waals surface area contributed by atoms with E-state index in [1.54, 1.807) is 11.8 Å². The van der Waals surface area contributed by atoms with Gasteiger partial charge < -0.3 is 14.8 Å². The summed E-state index contributed by atoms with van der Waals surface area (Å²) in [4.78, 5) is 12.5. The van der Waals surface area contributed by atoms with Gasteiger partial charge in [0.2, 0.25) is 0 Å². The summed E-state index contributed by atoms with van der Waals surface area (Å²) in [5.41, 5.74) is 2.53. The van der Waals surface area contributed by atoms with Crippen molar-refractivity contribution in [2.24, 2.45) is 0 Å². The zero-order valence-electron chi connectivity index (χ0n) is 15.1. The molecule has 1 atom stereocenters. The van der Waals surface area contributed by atoms with Crippen LogP contribution in [0.4, 0.5) is 5.82 Å². The zero-order valence-corrected chi connectivity index (χ0v) is 15.1. The van der Waals surface area contributed by atoms with E-state index in [-0.39, 0.29) is 5.91 Å². The number of aromatic nitrogens is 2. The van der Waals surface area contributed by atoms with E-state index in [9.17, 15) is 4.79 Å². The number of hydrogen-bond donors (Lipinski definition) is 1. The molecule has 0 bridgehead atoms. The van der Waals surface area contributed by atoms with Crippen LogP contribution in [-0.2, 0) is 9.53 Å². The lowest BCUT2D eigenvalue weighted by Crippen LogP contribution is -2.27. The molecule has 1 N–H and O–H groups in total. The van der Waals surface area contributed by atoms with Crippen molar-refractivity contribution in [2.75, 3.05) is 19.0 Å². The summed E-state index contributed by atoms with van der Waals surface area (Å²) in [7, 11) is 1.63. The molecule has 2 heterocycles. The first-order valence-electron chi connectivity index (χ1n) is 8.97. The van der Waals surface area contributed by atoms with Gasteiger partial charge in [0.05, 0.1) is 18.5 Å². The Morgan fingerprint density at radius 3 is 2.78 bits per heavy atom.